The fourth-order valence-electron chi connectivity index (χ4n) is 1.38. The predicted molar refractivity (Wildman–Crippen MR) is 73.2 cm³/mol. The van der Waals surface area contributed by atoms with Crippen molar-refractivity contribution < 1.29 is 4.39 Å². The van der Waals surface area contributed by atoms with Gasteiger partial charge in [0, 0.05) is 10.2 Å². The molecule has 0 unspecified atom stereocenters. The third-order valence-corrected chi connectivity index (χ3v) is 3.19. The maximum absolute atomic E-state index is 13.6. The van der Waals surface area contributed by atoms with Gasteiger partial charge in [0.25, 0.3) is 0 Å². The summed E-state index contributed by atoms with van der Waals surface area (Å²) in [5.74, 6) is -0.402. The number of anilines is 3. The van der Waals surface area contributed by atoms with Crippen LogP contribution in [-0.4, -0.2) is 0 Å². The van der Waals surface area contributed by atoms with Crippen LogP contribution in [0.15, 0.2) is 40.9 Å². The van der Waals surface area contributed by atoms with Crippen molar-refractivity contribution in [2.45, 2.75) is 0 Å². The highest BCUT2D eigenvalue weighted by atomic mass is 79.9. The molecule has 2 aromatic rings. The van der Waals surface area contributed by atoms with Gasteiger partial charge in [-0.3, -0.25) is 0 Å². The van der Waals surface area contributed by atoms with Crippen LogP contribution in [0.25, 0.3) is 0 Å². The van der Waals surface area contributed by atoms with Gasteiger partial charge in [-0.05, 0) is 46.3 Å². The first-order chi connectivity index (χ1) is 8.08. The fraction of sp³-hybridized carbons (Fsp3) is 0. The summed E-state index contributed by atoms with van der Waals surface area (Å²) in [6, 6.07) is 9.74. The Bertz CT molecular complexity index is 540. The summed E-state index contributed by atoms with van der Waals surface area (Å²) in [6.07, 6.45) is 0. The maximum atomic E-state index is 13.6. The van der Waals surface area contributed by atoms with Gasteiger partial charge in [-0.15, -0.1) is 0 Å². The highest BCUT2D eigenvalue weighted by Gasteiger charge is 2.08. The van der Waals surface area contributed by atoms with Gasteiger partial charge in [0.15, 0.2) is 0 Å². The van der Waals surface area contributed by atoms with Crippen molar-refractivity contribution in [1.29, 1.82) is 0 Å². The molecule has 0 aliphatic heterocycles. The summed E-state index contributed by atoms with van der Waals surface area (Å²) in [7, 11) is 0. The molecule has 0 aromatic heterocycles. The SMILES string of the molecule is Nc1ccc(Nc2c(F)cccc2Cl)c(Br)c1. The van der Waals surface area contributed by atoms with E-state index >= 15 is 0 Å². The van der Waals surface area contributed by atoms with Gasteiger partial charge in [0.1, 0.15) is 5.82 Å². The second kappa shape index (κ2) is 4.94. The normalized spacial score (nSPS) is 10.3. The topological polar surface area (TPSA) is 38.0 Å². The summed E-state index contributed by atoms with van der Waals surface area (Å²) >= 11 is 9.27. The number of nitrogens with one attached hydrogen (secondary N) is 1. The Morgan fingerprint density at radius 2 is 2.00 bits per heavy atom. The van der Waals surface area contributed by atoms with Gasteiger partial charge < -0.3 is 11.1 Å². The van der Waals surface area contributed by atoms with Gasteiger partial charge in [0.2, 0.25) is 0 Å². The lowest BCUT2D eigenvalue weighted by molar-refractivity contribution is 0.632. The van der Waals surface area contributed by atoms with Crippen molar-refractivity contribution >= 4 is 44.6 Å². The minimum Gasteiger partial charge on any atom is -0.399 e. The zero-order valence-electron chi connectivity index (χ0n) is 8.68. The van der Waals surface area contributed by atoms with E-state index in [2.05, 4.69) is 21.2 Å². The standard InChI is InChI=1S/C12H9BrClFN2/c13-8-6-7(16)4-5-11(8)17-12-9(14)2-1-3-10(12)15/h1-6,17H,16H2. The number of hydrogen-bond donors (Lipinski definition) is 2. The smallest absolute Gasteiger partial charge is 0.148 e. The van der Waals surface area contributed by atoms with E-state index in [0.29, 0.717) is 16.4 Å². The number of hydrogen-bond acceptors (Lipinski definition) is 2. The van der Waals surface area contributed by atoms with Crippen molar-refractivity contribution in [1.82, 2.24) is 0 Å². The van der Waals surface area contributed by atoms with E-state index in [4.69, 9.17) is 17.3 Å². The minimum atomic E-state index is -0.402. The average molecular weight is 316 g/mol. The van der Waals surface area contributed by atoms with E-state index in [-0.39, 0.29) is 5.69 Å². The zero-order chi connectivity index (χ0) is 12.4. The van der Waals surface area contributed by atoms with Crippen LogP contribution < -0.4 is 11.1 Å². The Kier molecular flexibility index (Phi) is 3.54. The van der Waals surface area contributed by atoms with Crippen molar-refractivity contribution in [3.8, 4) is 0 Å². The Morgan fingerprint density at radius 3 is 2.65 bits per heavy atom. The van der Waals surface area contributed by atoms with Crippen molar-refractivity contribution in [2.24, 2.45) is 0 Å². The molecule has 2 nitrogen and oxygen atoms in total. The summed E-state index contributed by atoms with van der Waals surface area (Å²) in [6.45, 7) is 0. The molecule has 0 saturated heterocycles. The molecular formula is C12H9BrClFN2. The third kappa shape index (κ3) is 2.70. The molecular weight excluding hydrogens is 307 g/mol. The van der Waals surface area contributed by atoms with E-state index in [1.807, 2.05) is 0 Å². The monoisotopic (exact) mass is 314 g/mol. The predicted octanol–water partition coefficient (Wildman–Crippen LogP) is 4.57. The van der Waals surface area contributed by atoms with Crippen LogP contribution in [0.4, 0.5) is 21.5 Å². The van der Waals surface area contributed by atoms with E-state index in [9.17, 15) is 4.39 Å². The molecule has 0 radical (unpaired) electrons. The van der Waals surface area contributed by atoms with Crippen molar-refractivity contribution in [2.75, 3.05) is 11.1 Å². The number of nitrogen functional groups attached to an aromatic ring is 1. The highest BCUT2D eigenvalue weighted by Crippen LogP contribution is 2.32. The molecule has 0 heterocycles. The lowest BCUT2D eigenvalue weighted by Crippen LogP contribution is -1.96. The first-order valence-electron chi connectivity index (χ1n) is 4.84. The molecule has 5 heteroatoms. The quantitative estimate of drug-likeness (QED) is 0.797. The summed E-state index contributed by atoms with van der Waals surface area (Å²) in [5, 5.41) is 3.25. The Labute approximate surface area is 112 Å². The zero-order valence-corrected chi connectivity index (χ0v) is 11.0. The number of benzene rings is 2. The van der Waals surface area contributed by atoms with Crippen LogP contribution in [0.1, 0.15) is 0 Å². The van der Waals surface area contributed by atoms with Gasteiger partial charge >= 0.3 is 0 Å². The molecule has 0 amide bonds. The second-order valence-corrected chi connectivity index (χ2v) is 4.72. The first-order valence-corrected chi connectivity index (χ1v) is 6.01. The molecule has 0 aliphatic carbocycles. The van der Waals surface area contributed by atoms with Gasteiger partial charge in [-0.2, -0.15) is 0 Å². The maximum Gasteiger partial charge on any atom is 0.148 e. The van der Waals surface area contributed by atoms with E-state index < -0.39 is 5.82 Å². The Balaban J connectivity index is 2.38. The molecule has 0 atom stereocenters. The largest absolute Gasteiger partial charge is 0.399 e. The summed E-state index contributed by atoms with van der Waals surface area (Å²) in [5.41, 5.74) is 7.20. The summed E-state index contributed by atoms with van der Waals surface area (Å²) < 4.78 is 14.3. The van der Waals surface area contributed by atoms with Crippen LogP contribution >= 0.6 is 27.5 Å². The lowest BCUT2D eigenvalue weighted by Gasteiger charge is -2.11. The lowest BCUT2D eigenvalue weighted by atomic mass is 10.2. The first kappa shape index (κ1) is 12.2. The van der Waals surface area contributed by atoms with E-state index in [1.165, 1.54) is 6.07 Å². The third-order valence-electron chi connectivity index (χ3n) is 2.22. The molecule has 88 valence electrons. The molecule has 3 N–H and O–H groups in total. The molecule has 2 rings (SSSR count). The Morgan fingerprint density at radius 1 is 1.24 bits per heavy atom. The Hall–Kier alpha value is -1.26. The molecule has 0 bridgehead atoms. The number of nitrogens with two attached hydrogens (primary N) is 1. The molecule has 17 heavy (non-hydrogen) atoms. The van der Waals surface area contributed by atoms with Crippen LogP contribution in [0, 0.1) is 5.82 Å². The van der Waals surface area contributed by atoms with Crippen LogP contribution in [0.5, 0.6) is 0 Å². The minimum absolute atomic E-state index is 0.250. The number of halogens is 3. The van der Waals surface area contributed by atoms with Crippen LogP contribution in [0.3, 0.4) is 0 Å². The van der Waals surface area contributed by atoms with E-state index in [0.717, 1.165) is 4.47 Å². The summed E-state index contributed by atoms with van der Waals surface area (Å²) in [4.78, 5) is 0. The van der Waals surface area contributed by atoms with Gasteiger partial charge in [0.05, 0.1) is 16.4 Å². The van der Waals surface area contributed by atoms with Crippen LogP contribution in [-0.2, 0) is 0 Å². The number of rotatable bonds is 2. The van der Waals surface area contributed by atoms with Crippen molar-refractivity contribution in [3.05, 3.63) is 51.7 Å². The molecule has 0 aliphatic rings. The highest BCUT2D eigenvalue weighted by molar-refractivity contribution is 9.10. The molecule has 2 aromatic carbocycles. The number of para-hydroxylation sites is 1. The van der Waals surface area contributed by atoms with Crippen molar-refractivity contribution in [3.63, 3.8) is 0 Å². The van der Waals surface area contributed by atoms with E-state index in [1.54, 1.807) is 30.3 Å². The molecule has 0 saturated carbocycles. The fourth-order valence-corrected chi connectivity index (χ4v) is 2.09. The molecule has 0 spiro atoms. The van der Waals surface area contributed by atoms with Gasteiger partial charge in [-0.1, -0.05) is 17.7 Å². The molecule has 0 fully saturated rings. The van der Waals surface area contributed by atoms with Crippen LogP contribution in [0.2, 0.25) is 5.02 Å². The average Bonchev–Trinajstić information content (AvgIpc) is 2.26. The second-order valence-electron chi connectivity index (χ2n) is 3.46. The van der Waals surface area contributed by atoms with Gasteiger partial charge in [-0.25, -0.2) is 4.39 Å².